The molecule has 0 saturated carbocycles. The number of rotatable bonds is 9. The summed E-state index contributed by atoms with van der Waals surface area (Å²) in [4.78, 5) is 28.3. The van der Waals surface area contributed by atoms with Crippen LogP contribution in [0.3, 0.4) is 0 Å². The van der Waals surface area contributed by atoms with Crippen LogP contribution >= 0.6 is 0 Å². The number of carbonyl (C=O) groups excluding carboxylic acids is 2. The Morgan fingerprint density at radius 3 is 2.21 bits per heavy atom. The zero-order valence-corrected chi connectivity index (χ0v) is 23.2. The van der Waals surface area contributed by atoms with Gasteiger partial charge in [0.25, 0.3) is 11.7 Å². The van der Waals surface area contributed by atoms with Gasteiger partial charge in [-0.15, -0.1) is 0 Å². The molecule has 1 N–H and O–H groups in total. The highest BCUT2D eigenvalue weighted by Crippen LogP contribution is 2.41. The fourth-order valence-corrected chi connectivity index (χ4v) is 4.68. The van der Waals surface area contributed by atoms with Crippen LogP contribution in [0, 0.1) is 6.92 Å². The van der Waals surface area contributed by atoms with E-state index in [2.05, 4.69) is 0 Å². The Bertz CT molecular complexity index is 1390. The zero-order chi connectivity index (χ0) is 28.3. The van der Waals surface area contributed by atoms with Crippen molar-refractivity contribution in [2.75, 3.05) is 7.11 Å². The minimum absolute atomic E-state index is 0.00691. The fraction of sp³-hybridized carbons (Fsp3) is 0.312. The predicted molar refractivity (Wildman–Crippen MR) is 150 cm³/mol. The Morgan fingerprint density at radius 2 is 1.59 bits per heavy atom. The molecule has 7 nitrogen and oxygen atoms in total. The standard InChI is InChI=1S/C32H35NO6/c1-19(2)38-25-13-10-22(11-14-25)18-33-29(23-8-7-9-26(17-23)37-6)28(31(35)32(33)36)30(34)24-12-15-27(21(5)16-24)39-20(3)4/h7-17,19-20,29,34H,18H2,1-6H3/b30-28+. The number of likely N-dealkylation sites (tertiary alicyclic amines) is 1. The van der Waals surface area contributed by atoms with E-state index in [0.717, 1.165) is 16.9 Å². The third-order valence-corrected chi connectivity index (χ3v) is 6.41. The van der Waals surface area contributed by atoms with Gasteiger partial charge in [-0.1, -0.05) is 24.3 Å². The topological polar surface area (TPSA) is 85.3 Å². The molecule has 1 aliphatic heterocycles. The largest absolute Gasteiger partial charge is 0.507 e. The van der Waals surface area contributed by atoms with E-state index in [-0.39, 0.29) is 30.1 Å². The molecule has 39 heavy (non-hydrogen) atoms. The normalized spacial score (nSPS) is 16.7. The summed E-state index contributed by atoms with van der Waals surface area (Å²) in [6.07, 6.45) is 0.0314. The lowest BCUT2D eigenvalue weighted by molar-refractivity contribution is -0.140. The van der Waals surface area contributed by atoms with Crippen LogP contribution in [0.2, 0.25) is 0 Å². The number of aliphatic hydroxyl groups excluding tert-OH is 1. The van der Waals surface area contributed by atoms with E-state index in [9.17, 15) is 14.7 Å². The van der Waals surface area contributed by atoms with E-state index in [4.69, 9.17) is 14.2 Å². The van der Waals surface area contributed by atoms with Crippen LogP contribution in [-0.2, 0) is 16.1 Å². The molecule has 3 aromatic rings. The van der Waals surface area contributed by atoms with Crippen molar-refractivity contribution in [3.8, 4) is 17.2 Å². The Hall–Kier alpha value is -4.26. The minimum Gasteiger partial charge on any atom is -0.507 e. The van der Waals surface area contributed by atoms with Gasteiger partial charge < -0.3 is 24.2 Å². The first-order valence-corrected chi connectivity index (χ1v) is 13.0. The van der Waals surface area contributed by atoms with Gasteiger partial charge in [0.1, 0.15) is 23.0 Å². The van der Waals surface area contributed by atoms with Crippen LogP contribution in [0.15, 0.2) is 72.3 Å². The SMILES string of the molecule is COc1cccc(C2/C(=C(\O)c3ccc(OC(C)C)c(C)c3)C(=O)C(=O)N2Cc2ccc(OC(C)C)cc2)c1. The van der Waals surface area contributed by atoms with Crippen LogP contribution in [0.4, 0.5) is 0 Å². The van der Waals surface area contributed by atoms with Crippen LogP contribution in [-0.4, -0.2) is 41.0 Å². The fourth-order valence-electron chi connectivity index (χ4n) is 4.68. The average molecular weight is 530 g/mol. The van der Waals surface area contributed by atoms with Crippen molar-refractivity contribution in [1.29, 1.82) is 0 Å². The second-order valence-corrected chi connectivity index (χ2v) is 10.2. The summed E-state index contributed by atoms with van der Waals surface area (Å²) in [5.74, 6) is 0.350. The Kier molecular flexibility index (Phi) is 8.29. The number of benzene rings is 3. The summed E-state index contributed by atoms with van der Waals surface area (Å²) in [5.41, 5.74) is 2.76. The monoisotopic (exact) mass is 529 g/mol. The van der Waals surface area contributed by atoms with Crippen molar-refractivity contribution in [2.24, 2.45) is 0 Å². The second kappa shape index (κ2) is 11.6. The van der Waals surface area contributed by atoms with E-state index in [1.165, 1.54) is 4.90 Å². The van der Waals surface area contributed by atoms with E-state index in [1.54, 1.807) is 43.5 Å². The molecule has 1 unspecified atom stereocenters. The van der Waals surface area contributed by atoms with Crippen LogP contribution in [0.25, 0.3) is 5.76 Å². The number of hydrogen-bond donors (Lipinski definition) is 1. The van der Waals surface area contributed by atoms with Gasteiger partial charge in [0.2, 0.25) is 0 Å². The number of Topliss-reactive ketones (excluding diaryl/α,β-unsaturated/α-hetero) is 1. The smallest absolute Gasteiger partial charge is 0.295 e. The quantitative estimate of drug-likeness (QED) is 0.202. The summed E-state index contributed by atoms with van der Waals surface area (Å²) < 4.78 is 17.0. The van der Waals surface area contributed by atoms with E-state index in [1.807, 2.05) is 65.0 Å². The molecule has 4 rings (SSSR count). The zero-order valence-electron chi connectivity index (χ0n) is 23.2. The number of aliphatic hydroxyl groups is 1. The lowest BCUT2D eigenvalue weighted by Crippen LogP contribution is -2.29. The molecule has 3 aromatic carbocycles. The Balaban J connectivity index is 1.78. The molecule has 7 heteroatoms. The highest BCUT2D eigenvalue weighted by molar-refractivity contribution is 6.46. The van der Waals surface area contributed by atoms with Gasteiger partial charge in [-0.05, 0) is 93.8 Å². The molecule has 0 aromatic heterocycles. The molecule has 0 spiro atoms. The van der Waals surface area contributed by atoms with Gasteiger partial charge in [0, 0.05) is 12.1 Å². The van der Waals surface area contributed by atoms with Gasteiger partial charge in [0.15, 0.2) is 0 Å². The number of nitrogens with zero attached hydrogens (tertiary/aromatic N) is 1. The van der Waals surface area contributed by atoms with Crippen LogP contribution < -0.4 is 14.2 Å². The summed E-state index contributed by atoms with van der Waals surface area (Å²) in [6, 6.07) is 19.0. The van der Waals surface area contributed by atoms with Gasteiger partial charge in [-0.3, -0.25) is 9.59 Å². The lowest BCUT2D eigenvalue weighted by atomic mass is 9.94. The molecule has 0 radical (unpaired) electrons. The van der Waals surface area contributed by atoms with Crippen molar-refractivity contribution < 1.29 is 28.9 Å². The number of carbonyl (C=O) groups is 2. The van der Waals surface area contributed by atoms with Crippen LogP contribution in [0.1, 0.15) is 56.0 Å². The summed E-state index contributed by atoms with van der Waals surface area (Å²) >= 11 is 0. The molecule has 1 atom stereocenters. The summed E-state index contributed by atoms with van der Waals surface area (Å²) in [5, 5.41) is 11.5. The first-order chi connectivity index (χ1) is 18.6. The van der Waals surface area contributed by atoms with E-state index >= 15 is 0 Å². The molecule has 204 valence electrons. The van der Waals surface area contributed by atoms with Crippen molar-refractivity contribution in [2.45, 2.75) is 59.4 Å². The average Bonchev–Trinajstić information content (AvgIpc) is 3.15. The van der Waals surface area contributed by atoms with Gasteiger partial charge in [-0.2, -0.15) is 0 Å². The first-order valence-electron chi connectivity index (χ1n) is 13.0. The van der Waals surface area contributed by atoms with Crippen molar-refractivity contribution >= 4 is 17.4 Å². The van der Waals surface area contributed by atoms with E-state index < -0.39 is 17.7 Å². The summed E-state index contributed by atoms with van der Waals surface area (Å²) in [7, 11) is 1.56. The second-order valence-electron chi connectivity index (χ2n) is 10.2. The number of hydrogen-bond acceptors (Lipinski definition) is 6. The van der Waals surface area contributed by atoms with Gasteiger partial charge in [0.05, 0.1) is 30.9 Å². The van der Waals surface area contributed by atoms with Crippen LogP contribution in [0.5, 0.6) is 17.2 Å². The molecular formula is C32H35NO6. The maximum atomic E-state index is 13.4. The first kappa shape index (κ1) is 27.8. The molecule has 1 amide bonds. The van der Waals surface area contributed by atoms with Crippen molar-refractivity contribution in [3.63, 3.8) is 0 Å². The lowest BCUT2D eigenvalue weighted by Gasteiger charge is -2.26. The van der Waals surface area contributed by atoms with Crippen molar-refractivity contribution in [1.82, 2.24) is 4.90 Å². The number of amides is 1. The highest BCUT2D eigenvalue weighted by atomic mass is 16.5. The molecule has 0 aliphatic carbocycles. The number of aryl methyl sites for hydroxylation is 1. The maximum absolute atomic E-state index is 13.4. The molecule has 0 bridgehead atoms. The third kappa shape index (κ3) is 6.08. The number of ketones is 1. The number of methoxy groups -OCH3 is 1. The predicted octanol–water partition coefficient (Wildman–Crippen LogP) is 6.20. The Labute approximate surface area is 229 Å². The highest BCUT2D eigenvalue weighted by Gasteiger charge is 2.46. The molecule has 1 fully saturated rings. The molecule has 1 aliphatic rings. The van der Waals surface area contributed by atoms with Gasteiger partial charge in [-0.25, -0.2) is 0 Å². The van der Waals surface area contributed by atoms with E-state index in [0.29, 0.717) is 22.6 Å². The summed E-state index contributed by atoms with van der Waals surface area (Å²) in [6.45, 7) is 9.83. The molecular weight excluding hydrogens is 494 g/mol. The van der Waals surface area contributed by atoms with Crippen molar-refractivity contribution in [3.05, 3.63) is 94.6 Å². The molecule has 1 heterocycles. The molecule has 1 saturated heterocycles. The minimum atomic E-state index is -0.807. The third-order valence-electron chi connectivity index (χ3n) is 6.41. The number of ether oxygens (including phenoxy) is 3. The Morgan fingerprint density at radius 1 is 0.897 bits per heavy atom. The van der Waals surface area contributed by atoms with Gasteiger partial charge >= 0.3 is 0 Å². The maximum Gasteiger partial charge on any atom is 0.295 e.